The maximum atomic E-state index is 11.7. The zero-order valence-electron chi connectivity index (χ0n) is 10.6. The van der Waals surface area contributed by atoms with Crippen LogP contribution in [0.2, 0.25) is 0 Å². The van der Waals surface area contributed by atoms with Gasteiger partial charge in [0.25, 0.3) is 0 Å². The number of urea groups is 1. The lowest BCUT2D eigenvalue weighted by molar-refractivity contribution is -0.145. The van der Waals surface area contributed by atoms with Gasteiger partial charge in [0.05, 0.1) is 6.42 Å². The number of amides is 2. The van der Waals surface area contributed by atoms with Crippen LogP contribution >= 0.6 is 0 Å². The summed E-state index contributed by atoms with van der Waals surface area (Å²) in [7, 11) is 0. The van der Waals surface area contributed by atoms with E-state index in [1.54, 1.807) is 0 Å². The number of aliphatic carboxylic acids is 2. The number of rotatable bonds is 5. The minimum absolute atomic E-state index is 0.464. The van der Waals surface area contributed by atoms with E-state index in [-0.39, 0.29) is 0 Å². The number of carboxylic acid groups (broad SMARTS) is 2. The Kier molecular flexibility index (Phi) is 5.11. The van der Waals surface area contributed by atoms with Crippen LogP contribution in [0.4, 0.5) is 4.79 Å². The Labute approximate surface area is 110 Å². The molecule has 0 aromatic heterocycles. The number of carboxylic acids is 2. The molecule has 0 spiro atoms. The van der Waals surface area contributed by atoms with Crippen LogP contribution in [0.1, 0.15) is 26.2 Å². The summed E-state index contributed by atoms with van der Waals surface area (Å²) in [5, 5.41) is 22.2. The Hall–Kier alpha value is -1.83. The second-order valence-corrected chi connectivity index (χ2v) is 4.76. The van der Waals surface area contributed by atoms with Gasteiger partial charge >= 0.3 is 18.0 Å². The SMILES string of the molecule is CC1(NC(=O)N[C@H](CC(=O)O)C(=O)O)CCOCC1. The number of nitrogens with one attached hydrogen (secondary N) is 2. The number of hydrogen-bond acceptors (Lipinski definition) is 4. The van der Waals surface area contributed by atoms with Gasteiger partial charge in [-0.05, 0) is 19.8 Å². The molecule has 1 saturated heterocycles. The summed E-state index contributed by atoms with van der Waals surface area (Å²) >= 11 is 0. The molecule has 8 heteroatoms. The maximum Gasteiger partial charge on any atom is 0.326 e. The lowest BCUT2D eigenvalue weighted by atomic mass is 9.93. The molecule has 0 radical (unpaired) electrons. The zero-order valence-corrected chi connectivity index (χ0v) is 10.6. The van der Waals surface area contributed by atoms with E-state index in [0.717, 1.165) is 0 Å². The predicted molar refractivity (Wildman–Crippen MR) is 63.8 cm³/mol. The van der Waals surface area contributed by atoms with Crippen LogP contribution in [0.25, 0.3) is 0 Å². The molecule has 2 amide bonds. The molecule has 0 aromatic rings. The quantitative estimate of drug-likeness (QED) is 0.549. The monoisotopic (exact) mass is 274 g/mol. The first-order valence-corrected chi connectivity index (χ1v) is 5.93. The van der Waals surface area contributed by atoms with Crippen LogP contribution in [0.5, 0.6) is 0 Å². The molecule has 1 rings (SSSR count). The van der Waals surface area contributed by atoms with E-state index in [1.807, 2.05) is 6.92 Å². The van der Waals surface area contributed by atoms with E-state index in [1.165, 1.54) is 0 Å². The third kappa shape index (κ3) is 5.12. The summed E-state index contributed by atoms with van der Waals surface area (Å²) < 4.78 is 5.17. The van der Waals surface area contributed by atoms with Crippen molar-refractivity contribution in [2.24, 2.45) is 0 Å². The first-order valence-electron chi connectivity index (χ1n) is 5.93. The van der Waals surface area contributed by atoms with Crippen molar-refractivity contribution >= 4 is 18.0 Å². The Morgan fingerprint density at radius 2 is 1.84 bits per heavy atom. The standard InChI is InChI=1S/C11H18N2O6/c1-11(2-4-19-5-3-11)13-10(18)12-7(9(16)17)6-8(14)15/h7H,2-6H2,1H3,(H,14,15)(H,16,17)(H2,12,13,18)/t7-/m1/s1. The molecule has 0 saturated carbocycles. The van der Waals surface area contributed by atoms with Crippen molar-refractivity contribution in [1.29, 1.82) is 0 Å². The number of carbonyl (C=O) groups is 3. The van der Waals surface area contributed by atoms with Gasteiger partial charge in [-0.15, -0.1) is 0 Å². The molecule has 1 fully saturated rings. The molecule has 1 atom stereocenters. The largest absolute Gasteiger partial charge is 0.481 e. The summed E-state index contributed by atoms with van der Waals surface area (Å²) in [5.41, 5.74) is -0.464. The van der Waals surface area contributed by atoms with Gasteiger partial charge in [-0.25, -0.2) is 9.59 Å². The van der Waals surface area contributed by atoms with E-state index in [4.69, 9.17) is 14.9 Å². The molecule has 19 heavy (non-hydrogen) atoms. The molecule has 1 aliphatic heterocycles. The van der Waals surface area contributed by atoms with Crippen LogP contribution < -0.4 is 10.6 Å². The lowest BCUT2D eigenvalue weighted by Crippen LogP contribution is -2.56. The zero-order chi connectivity index (χ0) is 14.5. The molecule has 108 valence electrons. The molecular weight excluding hydrogens is 256 g/mol. The molecule has 1 heterocycles. The summed E-state index contributed by atoms with van der Waals surface area (Å²) in [6, 6.07) is -2.13. The normalized spacial score (nSPS) is 19.2. The van der Waals surface area contributed by atoms with Crippen LogP contribution in [0.15, 0.2) is 0 Å². The van der Waals surface area contributed by atoms with E-state index in [0.29, 0.717) is 26.1 Å². The van der Waals surface area contributed by atoms with Gasteiger partial charge in [-0.3, -0.25) is 4.79 Å². The molecule has 0 aliphatic carbocycles. The summed E-state index contributed by atoms with van der Waals surface area (Å²) in [6.45, 7) is 2.88. The van der Waals surface area contributed by atoms with Gasteiger partial charge in [0, 0.05) is 18.8 Å². The van der Waals surface area contributed by atoms with Crippen LogP contribution in [-0.4, -0.2) is 53.0 Å². The highest BCUT2D eigenvalue weighted by atomic mass is 16.5. The number of hydrogen-bond donors (Lipinski definition) is 4. The molecule has 0 bridgehead atoms. The van der Waals surface area contributed by atoms with Gasteiger partial charge in [0.15, 0.2) is 0 Å². The topological polar surface area (TPSA) is 125 Å². The summed E-state index contributed by atoms with van der Waals surface area (Å²) in [4.78, 5) is 33.0. The van der Waals surface area contributed by atoms with Crippen molar-refractivity contribution in [3.8, 4) is 0 Å². The lowest BCUT2D eigenvalue weighted by Gasteiger charge is -2.34. The number of carbonyl (C=O) groups excluding carboxylic acids is 1. The fourth-order valence-electron chi connectivity index (χ4n) is 1.79. The van der Waals surface area contributed by atoms with Crippen LogP contribution in [-0.2, 0) is 14.3 Å². The van der Waals surface area contributed by atoms with Crippen LogP contribution in [0.3, 0.4) is 0 Å². The molecule has 1 aliphatic rings. The van der Waals surface area contributed by atoms with Gasteiger partial charge in [0.1, 0.15) is 6.04 Å². The second-order valence-electron chi connectivity index (χ2n) is 4.76. The van der Waals surface area contributed by atoms with Crippen molar-refractivity contribution in [3.05, 3.63) is 0 Å². The van der Waals surface area contributed by atoms with Crippen molar-refractivity contribution in [2.75, 3.05) is 13.2 Å². The highest BCUT2D eigenvalue weighted by Crippen LogP contribution is 2.19. The Morgan fingerprint density at radius 3 is 2.32 bits per heavy atom. The Bertz CT molecular complexity index is 364. The predicted octanol–water partition coefficient (Wildman–Crippen LogP) is -0.217. The van der Waals surface area contributed by atoms with Crippen molar-refractivity contribution in [1.82, 2.24) is 10.6 Å². The Balaban J connectivity index is 2.52. The van der Waals surface area contributed by atoms with E-state index in [9.17, 15) is 14.4 Å². The third-order valence-electron chi connectivity index (χ3n) is 2.99. The molecule has 4 N–H and O–H groups in total. The summed E-state index contributed by atoms with van der Waals surface area (Å²) in [6.07, 6.45) is 0.580. The van der Waals surface area contributed by atoms with Gasteiger partial charge in [-0.2, -0.15) is 0 Å². The minimum Gasteiger partial charge on any atom is -0.481 e. The maximum absolute atomic E-state index is 11.7. The molecule has 8 nitrogen and oxygen atoms in total. The minimum atomic E-state index is -1.44. The second kappa shape index (κ2) is 6.37. The van der Waals surface area contributed by atoms with Crippen molar-refractivity contribution < 1.29 is 29.3 Å². The van der Waals surface area contributed by atoms with E-state index < -0.39 is 36.0 Å². The molecule has 0 unspecified atom stereocenters. The van der Waals surface area contributed by atoms with E-state index in [2.05, 4.69) is 10.6 Å². The van der Waals surface area contributed by atoms with E-state index >= 15 is 0 Å². The molecular formula is C11H18N2O6. The van der Waals surface area contributed by atoms with Gasteiger partial charge in [-0.1, -0.05) is 0 Å². The van der Waals surface area contributed by atoms with Crippen LogP contribution in [0, 0.1) is 0 Å². The first-order chi connectivity index (χ1) is 8.82. The first kappa shape index (κ1) is 15.2. The van der Waals surface area contributed by atoms with Crippen molar-refractivity contribution in [2.45, 2.75) is 37.8 Å². The third-order valence-corrected chi connectivity index (χ3v) is 2.99. The molecule has 0 aromatic carbocycles. The average molecular weight is 274 g/mol. The Morgan fingerprint density at radius 1 is 1.26 bits per heavy atom. The highest BCUT2D eigenvalue weighted by molar-refractivity contribution is 5.86. The van der Waals surface area contributed by atoms with Gasteiger partial charge < -0.3 is 25.6 Å². The smallest absolute Gasteiger partial charge is 0.326 e. The summed E-state index contributed by atoms with van der Waals surface area (Å²) in [5.74, 6) is -2.67. The fourth-order valence-corrected chi connectivity index (χ4v) is 1.79. The fraction of sp³-hybridized carbons (Fsp3) is 0.727. The van der Waals surface area contributed by atoms with Crippen molar-refractivity contribution in [3.63, 3.8) is 0 Å². The number of ether oxygens (including phenoxy) is 1. The average Bonchev–Trinajstić information content (AvgIpc) is 2.27. The highest BCUT2D eigenvalue weighted by Gasteiger charge is 2.31. The van der Waals surface area contributed by atoms with Gasteiger partial charge in [0.2, 0.25) is 0 Å².